The van der Waals surface area contributed by atoms with E-state index in [-0.39, 0.29) is 5.91 Å². The lowest BCUT2D eigenvalue weighted by atomic mass is 10.1. The summed E-state index contributed by atoms with van der Waals surface area (Å²) >= 11 is 6.29. The minimum atomic E-state index is 0.00582. The molecular formula is C23H25ClN6O. The standard InChI is InChI=1S/C23H25ClN6O/c1-17-20(18(2)30(27-17)16-19-6-3-4-7-21(19)24)8-9-22(31)28-12-14-29(15-13-28)23-25-10-5-11-26-23/h3-11H,12-16H2,1-2H3/b9-8+. The van der Waals surface area contributed by atoms with Gasteiger partial charge in [0.05, 0.1) is 12.2 Å². The van der Waals surface area contributed by atoms with Gasteiger partial charge in [-0.1, -0.05) is 29.8 Å². The van der Waals surface area contributed by atoms with E-state index >= 15 is 0 Å². The number of aryl methyl sites for hydroxylation is 1. The fourth-order valence-corrected chi connectivity index (χ4v) is 3.93. The van der Waals surface area contributed by atoms with E-state index in [1.54, 1.807) is 24.5 Å². The Hall–Kier alpha value is -3.19. The second-order valence-corrected chi connectivity index (χ2v) is 7.94. The van der Waals surface area contributed by atoms with Gasteiger partial charge in [0.2, 0.25) is 11.9 Å². The van der Waals surface area contributed by atoms with Crippen molar-refractivity contribution in [3.63, 3.8) is 0 Å². The zero-order valence-electron chi connectivity index (χ0n) is 17.7. The Morgan fingerprint density at radius 3 is 2.48 bits per heavy atom. The largest absolute Gasteiger partial charge is 0.337 e. The number of amides is 1. The highest BCUT2D eigenvalue weighted by Crippen LogP contribution is 2.20. The Bertz CT molecular complexity index is 1090. The molecule has 1 aliphatic rings. The SMILES string of the molecule is Cc1nn(Cc2ccccc2Cl)c(C)c1/C=C/C(=O)N1CCN(c2ncccn2)CC1. The third-order valence-electron chi connectivity index (χ3n) is 5.53. The molecule has 0 N–H and O–H groups in total. The number of benzene rings is 1. The average Bonchev–Trinajstić information content (AvgIpc) is 3.06. The molecular weight excluding hydrogens is 412 g/mol. The van der Waals surface area contributed by atoms with Crippen molar-refractivity contribution in [1.29, 1.82) is 0 Å². The van der Waals surface area contributed by atoms with Crippen LogP contribution in [0.5, 0.6) is 0 Å². The lowest BCUT2D eigenvalue weighted by molar-refractivity contribution is -0.126. The highest BCUT2D eigenvalue weighted by Gasteiger charge is 2.21. The summed E-state index contributed by atoms with van der Waals surface area (Å²) in [6, 6.07) is 9.56. The van der Waals surface area contributed by atoms with Crippen LogP contribution < -0.4 is 4.90 Å². The third kappa shape index (κ3) is 4.77. The highest BCUT2D eigenvalue weighted by atomic mass is 35.5. The summed E-state index contributed by atoms with van der Waals surface area (Å²) in [6.45, 7) is 7.29. The molecule has 1 fully saturated rings. The minimum absolute atomic E-state index is 0.00582. The van der Waals surface area contributed by atoms with Crippen molar-refractivity contribution in [3.8, 4) is 0 Å². The smallest absolute Gasteiger partial charge is 0.246 e. The highest BCUT2D eigenvalue weighted by molar-refractivity contribution is 6.31. The molecule has 1 aromatic carbocycles. The molecule has 31 heavy (non-hydrogen) atoms. The van der Waals surface area contributed by atoms with Gasteiger partial charge in [-0.05, 0) is 37.6 Å². The number of hydrogen-bond acceptors (Lipinski definition) is 5. The summed E-state index contributed by atoms with van der Waals surface area (Å²) in [5, 5.41) is 5.37. The van der Waals surface area contributed by atoms with E-state index in [9.17, 15) is 4.79 Å². The van der Waals surface area contributed by atoms with Crippen molar-refractivity contribution in [3.05, 3.63) is 76.3 Å². The number of piperazine rings is 1. The molecule has 7 nitrogen and oxygen atoms in total. The summed E-state index contributed by atoms with van der Waals surface area (Å²) < 4.78 is 1.93. The summed E-state index contributed by atoms with van der Waals surface area (Å²) in [5.74, 6) is 0.716. The second kappa shape index (κ2) is 9.31. The molecule has 8 heteroatoms. The first kappa shape index (κ1) is 21.1. The van der Waals surface area contributed by atoms with Crippen molar-refractivity contribution < 1.29 is 4.79 Å². The van der Waals surface area contributed by atoms with E-state index in [1.807, 2.05) is 53.8 Å². The molecule has 1 aliphatic heterocycles. The minimum Gasteiger partial charge on any atom is -0.337 e. The molecule has 0 saturated carbocycles. The molecule has 3 aromatic rings. The molecule has 4 rings (SSSR count). The zero-order chi connectivity index (χ0) is 21.8. The predicted molar refractivity (Wildman–Crippen MR) is 122 cm³/mol. The average molecular weight is 437 g/mol. The molecule has 0 unspecified atom stereocenters. The van der Waals surface area contributed by atoms with Crippen LogP contribution in [-0.2, 0) is 11.3 Å². The molecule has 1 amide bonds. The van der Waals surface area contributed by atoms with Crippen LogP contribution in [-0.4, -0.2) is 56.7 Å². The van der Waals surface area contributed by atoms with Gasteiger partial charge in [0, 0.05) is 60.9 Å². The zero-order valence-corrected chi connectivity index (χ0v) is 18.5. The Morgan fingerprint density at radius 2 is 1.77 bits per heavy atom. The van der Waals surface area contributed by atoms with Gasteiger partial charge in [-0.25, -0.2) is 9.97 Å². The van der Waals surface area contributed by atoms with Crippen molar-refractivity contribution in [1.82, 2.24) is 24.6 Å². The van der Waals surface area contributed by atoms with Crippen LogP contribution in [0.4, 0.5) is 5.95 Å². The van der Waals surface area contributed by atoms with Crippen LogP contribution >= 0.6 is 11.6 Å². The van der Waals surface area contributed by atoms with Crippen LogP contribution in [0.1, 0.15) is 22.5 Å². The molecule has 3 heterocycles. The van der Waals surface area contributed by atoms with Gasteiger partial charge in [0.15, 0.2) is 0 Å². The Balaban J connectivity index is 1.40. The monoisotopic (exact) mass is 436 g/mol. The number of halogens is 1. The van der Waals surface area contributed by atoms with E-state index in [0.717, 1.165) is 40.6 Å². The van der Waals surface area contributed by atoms with Crippen molar-refractivity contribution in [2.45, 2.75) is 20.4 Å². The molecule has 2 aromatic heterocycles. The number of rotatable bonds is 5. The van der Waals surface area contributed by atoms with Crippen LogP contribution in [0, 0.1) is 13.8 Å². The van der Waals surface area contributed by atoms with E-state index < -0.39 is 0 Å². The molecule has 160 valence electrons. The number of hydrogen-bond donors (Lipinski definition) is 0. The Kier molecular flexibility index (Phi) is 6.32. The quantitative estimate of drug-likeness (QED) is 0.574. The van der Waals surface area contributed by atoms with Gasteiger partial charge in [-0.3, -0.25) is 9.48 Å². The van der Waals surface area contributed by atoms with E-state index in [1.165, 1.54) is 0 Å². The van der Waals surface area contributed by atoms with Gasteiger partial charge < -0.3 is 9.80 Å². The molecule has 1 saturated heterocycles. The summed E-state index contributed by atoms with van der Waals surface area (Å²) in [5.41, 5.74) is 3.88. The van der Waals surface area contributed by atoms with Crippen molar-refractivity contribution >= 4 is 29.5 Å². The summed E-state index contributed by atoms with van der Waals surface area (Å²) in [7, 11) is 0. The first-order valence-electron chi connectivity index (χ1n) is 10.3. The van der Waals surface area contributed by atoms with Crippen LogP contribution in [0.3, 0.4) is 0 Å². The topological polar surface area (TPSA) is 67.2 Å². The van der Waals surface area contributed by atoms with Crippen molar-refractivity contribution in [2.24, 2.45) is 0 Å². The fraction of sp³-hybridized carbons (Fsp3) is 0.304. The Morgan fingerprint density at radius 1 is 1.06 bits per heavy atom. The number of carbonyl (C=O) groups is 1. The predicted octanol–water partition coefficient (Wildman–Crippen LogP) is 3.35. The van der Waals surface area contributed by atoms with Crippen LogP contribution in [0.2, 0.25) is 5.02 Å². The van der Waals surface area contributed by atoms with Gasteiger partial charge in [-0.2, -0.15) is 5.10 Å². The first-order valence-corrected chi connectivity index (χ1v) is 10.7. The van der Waals surface area contributed by atoms with E-state index in [0.29, 0.717) is 25.6 Å². The van der Waals surface area contributed by atoms with E-state index in [2.05, 4.69) is 20.0 Å². The van der Waals surface area contributed by atoms with Gasteiger partial charge in [0.1, 0.15) is 0 Å². The van der Waals surface area contributed by atoms with Crippen molar-refractivity contribution in [2.75, 3.05) is 31.1 Å². The lowest BCUT2D eigenvalue weighted by Gasteiger charge is -2.34. The first-order chi connectivity index (χ1) is 15.0. The van der Waals surface area contributed by atoms with Crippen LogP contribution in [0.25, 0.3) is 6.08 Å². The number of carbonyl (C=O) groups excluding carboxylic acids is 1. The molecule has 0 radical (unpaired) electrons. The fourth-order valence-electron chi connectivity index (χ4n) is 3.74. The Labute approximate surface area is 187 Å². The van der Waals surface area contributed by atoms with E-state index in [4.69, 9.17) is 11.6 Å². The maximum absolute atomic E-state index is 12.7. The lowest BCUT2D eigenvalue weighted by Crippen LogP contribution is -2.48. The van der Waals surface area contributed by atoms with Gasteiger partial charge in [0.25, 0.3) is 0 Å². The maximum atomic E-state index is 12.7. The summed E-state index contributed by atoms with van der Waals surface area (Å²) in [6.07, 6.45) is 6.99. The molecule has 0 spiro atoms. The number of aromatic nitrogens is 4. The van der Waals surface area contributed by atoms with Crippen LogP contribution in [0.15, 0.2) is 48.8 Å². The molecule has 0 aliphatic carbocycles. The normalized spacial score (nSPS) is 14.4. The molecule has 0 atom stereocenters. The number of anilines is 1. The second-order valence-electron chi connectivity index (χ2n) is 7.53. The molecule has 0 bridgehead atoms. The third-order valence-corrected chi connectivity index (χ3v) is 5.90. The summed E-state index contributed by atoms with van der Waals surface area (Å²) in [4.78, 5) is 25.2. The number of nitrogens with zero attached hydrogens (tertiary/aromatic N) is 6. The maximum Gasteiger partial charge on any atom is 0.246 e. The van der Waals surface area contributed by atoms with Gasteiger partial charge >= 0.3 is 0 Å². The van der Waals surface area contributed by atoms with Gasteiger partial charge in [-0.15, -0.1) is 0 Å².